The predicted molar refractivity (Wildman–Crippen MR) is 141 cm³/mol. The van der Waals surface area contributed by atoms with Gasteiger partial charge in [-0.3, -0.25) is 4.79 Å². The third-order valence-electron chi connectivity index (χ3n) is 6.27. The van der Waals surface area contributed by atoms with Crippen LogP contribution in [0.5, 0.6) is 5.75 Å². The lowest BCUT2D eigenvalue weighted by Gasteiger charge is -2.36. The molecule has 1 aliphatic carbocycles. The number of aromatic nitrogens is 2. The van der Waals surface area contributed by atoms with E-state index in [-0.39, 0.29) is 18.2 Å². The van der Waals surface area contributed by atoms with Crippen molar-refractivity contribution in [3.05, 3.63) is 40.8 Å². The van der Waals surface area contributed by atoms with E-state index in [2.05, 4.69) is 15.3 Å². The highest BCUT2D eigenvalue weighted by Gasteiger charge is 2.31. The molecule has 1 saturated carbocycles. The molecule has 9 nitrogen and oxygen atoms in total. The van der Waals surface area contributed by atoms with Gasteiger partial charge >= 0.3 is 6.09 Å². The van der Waals surface area contributed by atoms with Crippen LogP contribution in [0, 0.1) is 12.7 Å². The first-order valence-electron chi connectivity index (χ1n) is 12.2. The van der Waals surface area contributed by atoms with E-state index in [1.54, 1.807) is 24.9 Å². The largest absolute Gasteiger partial charge is 0.488 e. The van der Waals surface area contributed by atoms with Crippen molar-refractivity contribution in [1.29, 1.82) is 0 Å². The maximum Gasteiger partial charge on any atom is 0.410 e. The average Bonchev–Trinajstić information content (AvgIpc) is 3.17. The monoisotopic (exact) mass is 529 g/mol. The van der Waals surface area contributed by atoms with Crippen molar-refractivity contribution in [2.75, 3.05) is 12.4 Å². The summed E-state index contributed by atoms with van der Waals surface area (Å²) in [7, 11) is 1.74. The van der Waals surface area contributed by atoms with Crippen LogP contribution in [-0.2, 0) is 4.74 Å². The summed E-state index contributed by atoms with van der Waals surface area (Å²) >= 11 is 1.20. The molecule has 37 heavy (non-hydrogen) atoms. The molecule has 0 saturated heterocycles. The molecular formula is C26H32FN5O4S. The Balaban J connectivity index is 1.55. The molecule has 1 aliphatic rings. The summed E-state index contributed by atoms with van der Waals surface area (Å²) in [4.78, 5) is 35.7. The van der Waals surface area contributed by atoms with Gasteiger partial charge in [0.15, 0.2) is 0 Å². The van der Waals surface area contributed by atoms with Gasteiger partial charge in [-0.05, 0) is 64.7 Å². The molecule has 0 spiro atoms. The Morgan fingerprint density at radius 1 is 1.24 bits per heavy atom. The zero-order valence-electron chi connectivity index (χ0n) is 21.6. The number of hydrogen-bond donors (Lipinski definition) is 2. The van der Waals surface area contributed by atoms with Crippen LogP contribution in [0.4, 0.5) is 20.7 Å². The topological polar surface area (TPSA) is 120 Å². The van der Waals surface area contributed by atoms with Crippen LogP contribution in [0.3, 0.4) is 0 Å². The van der Waals surface area contributed by atoms with Crippen LogP contribution in [-0.4, -0.2) is 51.7 Å². The standard InChI is InChI=1S/C26H32FN5O4S/c1-14-20-23(29-13-30-24(20)37-21(14)22(28)33)31-18-10-9-15(27)11-19(18)35-17-8-6-7-16(12-17)32(5)25(34)36-26(2,3)4/h9-11,13,16-17H,6-8,12H2,1-5H3,(H2,28,33)(H,29,30,31). The fourth-order valence-corrected chi connectivity index (χ4v) is 5.47. The quantitative estimate of drug-likeness (QED) is 0.430. The third-order valence-corrected chi connectivity index (χ3v) is 7.48. The van der Waals surface area contributed by atoms with Crippen molar-refractivity contribution in [3.8, 4) is 5.75 Å². The van der Waals surface area contributed by atoms with E-state index in [9.17, 15) is 14.0 Å². The summed E-state index contributed by atoms with van der Waals surface area (Å²) in [5, 5.41) is 3.90. The van der Waals surface area contributed by atoms with Crippen molar-refractivity contribution in [2.24, 2.45) is 5.73 Å². The Bertz CT molecular complexity index is 1320. The first-order valence-corrected chi connectivity index (χ1v) is 13.0. The normalized spacial score (nSPS) is 17.9. The van der Waals surface area contributed by atoms with E-state index < -0.39 is 17.3 Å². The smallest absolute Gasteiger partial charge is 0.410 e. The molecule has 1 aromatic carbocycles. The van der Waals surface area contributed by atoms with Gasteiger partial charge < -0.3 is 25.4 Å². The summed E-state index contributed by atoms with van der Waals surface area (Å²) in [6, 6.07) is 4.20. The Morgan fingerprint density at radius 2 is 2.00 bits per heavy atom. The molecule has 3 N–H and O–H groups in total. The van der Waals surface area contributed by atoms with E-state index in [0.29, 0.717) is 44.3 Å². The zero-order valence-corrected chi connectivity index (χ0v) is 22.4. The Kier molecular flexibility index (Phi) is 7.54. The maximum absolute atomic E-state index is 14.3. The van der Waals surface area contributed by atoms with Gasteiger partial charge in [0.05, 0.1) is 16.0 Å². The van der Waals surface area contributed by atoms with Gasteiger partial charge in [0.2, 0.25) is 0 Å². The number of aryl methyl sites for hydroxylation is 1. The van der Waals surface area contributed by atoms with Crippen LogP contribution in [0.25, 0.3) is 10.2 Å². The molecule has 11 heteroatoms. The minimum absolute atomic E-state index is 0.0549. The Labute approximate surface area is 219 Å². The van der Waals surface area contributed by atoms with Crippen LogP contribution < -0.4 is 15.8 Å². The number of halogens is 1. The second kappa shape index (κ2) is 10.5. The number of carbonyl (C=O) groups excluding carboxylic acids is 2. The van der Waals surface area contributed by atoms with Crippen LogP contribution in [0.2, 0.25) is 0 Å². The van der Waals surface area contributed by atoms with E-state index >= 15 is 0 Å². The van der Waals surface area contributed by atoms with E-state index in [1.165, 1.54) is 29.8 Å². The number of fused-ring (bicyclic) bond motifs is 1. The summed E-state index contributed by atoms with van der Waals surface area (Å²) in [5.74, 6) is -0.163. The Morgan fingerprint density at radius 3 is 2.70 bits per heavy atom. The van der Waals surface area contributed by atoms with Gasteiger partial charge in [0.25, 0.3) is 5.91 Å². The number of amides is 2. The molecule has 1 fully saturated rings. The number of carbonyl (C=O) groups is 2. The van der Waals surface area contributed by atoms with Crippen molar-refractivity contribution < 1.29 is 23.5 Å². The summed E-state index contributed by atoms with van der Waals surface area (Å²) in [6.07, 6.45) is 3.86. The van der Waals surface area contributed by atoms with Crippen molar-refractivity contribution in [2.45, 2.75) is 71.1 Å². The fourth-order valence-electron chi connectivity index (χ4n) is 4.47. The third kappa shape index (κ3) is 6.10. The SMILES string of the molecule is Cc1c(C(N)=O)sc2ncnc(Nc3ccc(F)cc3OC3CCCC(N(C)C(=O)OC(C)(C)C)C3)c12. The minimum atomic E-state index is -0.580. The van der Waals surface area contributed by atoms with Gasteiger partial charge in [0, 0.05) is 25.6 Å². The number of nitrogens with one attached hydrogen (secondary N) is 1. The minimum Gasteiger partial charge on any atom is -0.488 e. The molecule has 4 rings (SSSR count). The van der Waals surface area contributed by atoms with E-state index in [1.807, 2.05) is 20.8 Å². The number of benzene rings is 1. The lowest BCUT2D eigenvalue weighted by molar-refractivity contribution is 0.0117. The molecule has 0 radical (unpaired) electrons. The second-order valence-corrected chi connectivity index (χ2v) is 11.2. The molecular weight excluding hydrogens is 497 g/mol. The lowest BCUT2D eigenvalue weighted by atomic mass is 9.92. The molecule has 3 aromatic rings. The number of ether oxygens (including phenoxy) is 2. The molecule has 2 atom stereocenters. The molecule has 198 valence electrons. The van der Waals surface area contributed by atoms with Crippen LogP contribution >= 0.6 is 11.3 Å². The predicted octanol–water partition coefficient (Wildman–Crippen LogP) is 5.54. The number of nitrogens with two attached hydrogens (primary N) is 1. The number of nitrogens with zero attached hydrogens (tertiary/aromatic N) is 3. The number of primary amides is 1. The van der Waals surface area contributed by atoms with Crippen LogP contribution in [0.15, 0.2) is 24.5 Å². The van der Waals surface area contributed by atoms with E-state index in [0.717, 1.165) is 19.3 Å². The molecule has 2 aromatic heterocycles. The van der Waals surface area contributed by atoms with Gasteiger partial charge in [-0.15, -0.1) is 11.3 Å². The van der Waals surface area contributed by atoms with Gasteiger partial charge in [-0.25, -0.2) is 19.2 Å². The number of hydrogen-bond acceptors (Lipinski definition) is 8. The summed E-state index contributed by atoms with van der Waals surface area (Å²) in [5.41, 5.74) is 6.14. The molecule has 0 aliphatic heterocycles. The summed E-state index contributed by atoms with van der Waals surface area (Å²) in [6.45, 7) is 7.30. The lowest BCUT2D eigenvalue weighted by Crippen LogP contribution is -2.44. The highest BCUT2D eigenvalue weighted by atomic mass is 32.1. The highest BCUT2D eigenvalue weighted by molar-refractivity contribution is 7.20. The maximum atomic E-state index is 14.3. The number of rotatable bonds is 6. The van der Waals surface area contributed by atoms with Crippen molar-refractivity contribution >= 4 is 45.1 Å². The van der Waals surface area contributed by atoms with Crippen molar-refractivity contribution in [1.82, 2.24) is 14.9 Å². The van der Waals surface area contributed by atoms with Gasteiger partial charge in [-0.2, -0.15) is 0 Å². The number of anilines is 2. The van der Waals surface area contributed by atoms with Gasteiger partial charge in [-0.1, -0.05) is 0 Å². The van der Waals surface area contributed by atoms with Crippen LogP contribution in [0.1, 0.15) is 61.7 Å². The van der Waals surface area contributed by atoms with Gasteiger partial charge in [0.1, 0.15) is 40.2 Å². The zero-order chi connectivity index (χ0) is 26.9. The molecule has 2 unspecified atom stereocenters. The molecule has 0 bridgehead atoms. The average molecular weight is 530 g/mol. The Hall–Kier alpha value is -3.47. The molecule has 2 amide bonds. The molecule has 2 heterocycles. The fraction of sp³-hybridized carbons (Fsp3) is 0.462. The number of thiophene rings is 1. The second-order valence-electron chi connectivity index (χ2n) is 10.2. The summed E-state index contributed by atoms with van der Waals surface area (Å²) < 4.78 is 26.1. The highest BCUT2D eigenvalue weighted by Crippen LogP contribution is 2.37. The van der Waals surface area contributed by atoms with Crippen molar-refractivity contribution in [3.63, 3.8) is 0 Å². The first-order chi connectivity index (χ1) is 17.4. The van der Waals surface area contributed by atoms with E-state index in [4.69, 9.17) is 15.2 Å². The first kappa shape index (κ1) is 26.6.